The number of likely N-dealkylation sites (tertiary alicyclic amines) is 1. The molecule has 10 nitrogen and oxygen atoms in total. The topological polar surface area (TPSA) is 123 Å². The molecule has 1 aliphatic heterocycles. The highest BCUT2D eigenvalue weighted by atomic mass is 19.1. The van der Waals surface area contributed by atoms with Gasteiger partial charge in [0.1, 0.15) is 17.7 Å². The Kier molecular flexibility index (Phi) is 12.9. The van der Waals surface area contributed by atoms with Crippen LogP contribution in [0.1, 0.15) is 67.2 Å². The van der Waals surface area contributed by atoms with Crippen molar-refractivity contribution in [3.8, 4) is 0 Å². The highest BCUT2D eigenvalue weighted by Crippen LogP contribution is 2.33. The lowest BCUT2D eigenvalue weighted by molar-refractivity contribution is -0.167. The van der Waals surface area contributed by atoms with Gasteiger partial charge in [0.05, 0.1) is 0 Å². The minimum absolute atomic E-state index is 0.00387. The number of hydrogen-bond donors (Lipinski definition) is 2. The van der Waals surface area contributed by atoms with E-state index in [2.05, 4.69) is 17.2 Å². The number of nitrogens with one attached hydrogen (secondary N) is 2. The number of alkyl halides is 2. The molecule has 212 valence electrons. The van der Waals surface area contributed by atoms with Crippen molar-refractivity contribution < 1.29 is 42.2 Å². The third-order valence-corrected chi connectivity index (χ3v) is 5.58. The first-order valence-electron chi connectivity index (χ1n) is 12.5. The first-order valence-corrected chi connectivity index (χ1v) is 12.5. The normalized spacial score (nSPS) is 22.3. The predicted octanol–water partition coefficient (Wildman–Crippen LogP) is 3.15. The van der Waals surface area contributed by atoms with Gasteiger partial charge in [0.25, 0.3) is 0 Å². The van der Waals surface area contributed by atoms with Crippen LogP contribution < -0.4 is 10.6 Å². The number of amides is 2. The van der Waals surface area contributed by atoms with Crippen molar-refractivity contribution in [2.75, 3.05) is 13.1 Å². The van der Waals surface area contributed by atoms with E-state index in [1.807, 2.05) is 0 Å². The molecule has 0 aromatic heterocycles. The van der Waals surface area contributed by atoms with Gasteiger partial charge in [-0.1, -0.05) is 19.9 Å². The smallest absolute Gasteiger partial charge is 0.409 e. The van der Waals surface area contributed by atoms with Crippen molar-refractivity contribution in [2.45, 2.75) is 104 Å². The van der Waals surface area contributed by atoms with Crippen LogP contribution in [0.4, 0.5) is 13.6 Å². The summed E-state index contributed by atoms with van der Waals surface area (Å²) in [7, 11) is 0. The van der Waals surface area contributed by atoms with Gasteiger partial charge in [0.2, 0.25) is 18.5 Å². The van der Waals surface area contributed by atoms with Crippen LogP contribution in [0.25, 0.3) is 0 Å². The van der Waals surface area contributed by atoms with Gasteiger partial charge in [0, 0.05) is 32.4 Å². The summed E-state index contributed by atoms with van der Waals surface area (Å²) in [6.07, 6.45) is -3.71. The Morgan fingerprint density at radius 3 is 2.30 bits per heavy atom. The van der Waals surface area contributed by atoms with Gasteiger partial charge in [-0.2, -0.15) is 0 Å². The molecule has 1 aliphatic rings. The first-order chi connectivity index (χ1) is 17.2. The summed E-state index contributed by atoms with van der Waals surface area (Å²) in [5, 5.41) is 4.65. The Labute approximate surface area is 217 Å². The predicted molar refractivity (Wildman–Crippen MR) is 132 cm³/mol. The Morgan fingerprint density at radius 1 is 1.14 bits per heavy atom. The van der Waals surface area contributed by atoms with E-state index in [1.54, 1.807) is 27.7 Å². The number of carbonyl (C=O) groups excluding carboxylic acids is 4. The molecule has 0 spiro atoms. The lowest BCUT2D eigenvalue weighted by Crippen LogP contribution is -2.51. The third-order valence-electron chi connectivity index (χ3n) is 5.58. The zero-order valence-electron chi connectivity index (χ0n) is 22.6. The molecule has 2 N–H and O–H groups in total. The van der Waals surface area contributed by atoms with Crippen molar-refractivity contribution >= 4 is 23.9 Å². The van der Waals surface area contributed by atoms with Crippen molar-refractivity contribution in [3.63, 3.8) is 0 Å². The number of ether oxygens (including phenoxy) is 3. The fraction of sp³-hybridized carbons (Fsp3) is 0.760. The van der Waals surface area contributed by atoms with Crippen molar-refractivity contribution in [1.82, 2.24) is 15.5 Å². The second kappa shape index (κ2) is 14.8. The molecular weight excluding hydrogens is 492 g/mol. The molecule has 1 heterocycles. The van der Waals surface area contributed by atoms with E-state index >= 15 is 0 Å². The minimum atomic E-state index is -1.79. The molecule has 6 atom stereocenters. The fourth-order valence-electron chi connectivity index (χ4n) is 3.93. The van der Waals surface area contributed by atoms with Crippen LogP contribution in [-0.4, -0.2) is 78.4 Å². The number of alkyl carbamates (subject to hydrolysis) is 1. The van der Waals surface area contributed by atoms with Crippen molar-refractivity contribution in [3.05, 3.63) is 12.7 Å². The molecule has 0 aliphatic carbocycles. The maximum Gasteiger partial charge on any atom is 0.409 e. The molecular formula is C25H41F2N3O7. The van der Waals surface area contributed by atoms with Crippen LogP contribution in [0, 0.1) is 5.92 Å². The standard InChI is InChI=1S/C25H41F2N3O7/c1-8-11-19(27)35-23(33)20-16(9-2)14-18(22(32)37-25(5,6)7)30(20)13-12-28-24(34)36-21(17(26)10-3)29-15(4)31/h9,16-21H,2,8,10-14H2,1,3-7H3,(H,28,34)(H,29,31)/t16-,17?,18-,19?,20-,21?/m1/s1. The molecule has 12 heteroatoms. The van der Waals surface area contributed by atoms with Crippen LogP contribution in [0.3, 0.4) is 0 Å². The summed E-state index contributed by atoms with van der Waals surface area (Å²) in [4.78, 5) is 50.9. The van der Waals surface area contributed by atoms with Gasteiger partial charge in [-0.3, -0.25) is 19.3 Å². The van der Waals surface area contributed by atoms with E-state index in [-0.39, 0.29) is 32.4 Å². The Bertz CT molecular complexity index is 806. The molecule has 0 aromatic carbocycles. The van der Waals surface area contributed by atoms with E-state index in [9.17, 15) is 28.0 Å². The number of carbonyl (C=O) groups is 4. The van der Waals surface area contributed by atoms with Gasteiger partial charge < -0.3 is 24.8 Å². The Hall–Kier alpha value is -2.76. The molecule has 37 heavy (non-hydrogen) atoms. The van der Waals surface area contributed by atoms with E-state index < -0.39 is 66.3 Å². The summed E-state index contributed by atoms with van der Waals surface area (Å²) in [5.74, 6) is -2.55. The van der Waals surface area contributed by atoms with Crippen LogP contribution in [0.5, 0.6) is 0 Å². The lowest BCUT2D eigenvalue weighted by atomic mass is 9.99. The maximum absolute atomic E-state index is 14.1. The average Bonchev–Trinajstić information content (AvgIpc) is 3.15. The van der Waals surface area contributed by atoms with Crippen molar-refractivity contribution in [2.24, 2.45) is 5.92 Å². The van der Waals surface area contributed by atoms with Gasteiger partial charge in [-0.05, 0) is 40.0 Å². The third kappa shape index (κ3) is 10.6. The van der Waals surface area contributed by atoms with E-state index in [4.69, 9.17) is 14.2 Å². The van der Waals surface area contributed by atoms with Crippen molar-refractivity contribution in [1.29, 1.82) is 0 Å². The Balaban J connectivity index is 3.02. The van der Waals surface area contributed by atoms with Crippen LogP contribution in [-0.2, 0) is 28.6 Å². The second-order valence-corrected chi connectivity index (χ2v) is 9.88. The van der Waals surface area contributed by atoms with Crippen LogP contribution in [0.15, 0.2) is 12.7 Å². The Morgan fingerprint density at radius 2 is 1.78 bits per heavy atom. The largest absolute Gasteiger partial charge is 0.459 e. The van der Waals surface area contributed by atoms with Gasteiger partial charge >= 0.3 is 18.0 Å². The zero-order valence-corrected chi connectivity index (χ0v) is 22.6. The molecule has 0 saturated carbocycles. The fourth-order valence-corrected chi connectivity index (χ4v) is 3.93. The quantitative estimate of drug-likeness (QED) is 0.160. The molecule has 0 radical (unpaired) electrons. The summed E-state index contributed by atoms with van der Waals surface area (Å²) in [6, 6.07) is -1.92. The van der Waals surface area contributed by atoms with Gasteiger partial charge in [-0.25, -0.2) is 13.6 Å². The number of esters is 2. The van der Waals surface area contributed by atoms with Crippen LogP contribution >= 0.6 is 0 Å². The summed E-state index contributed by atoms with van der Waals surface area (Å²) >= 11 is 0. The first kappa shape index (κ1) is 32.3. The summed E-state index contributed by atoms with van der Waals surface area (Å²) in [6.45, 7) is 13.2. The number of rotatable bonds is 13. The molecule has 3 unspecified atom stereocenters. The highest BCUT2D eigenvalue weighted by Gasteiger charge is 2.49. The number of nitrogens with zero attached hydrogens (tertiary/aromatic N) is 1. The maximum atomic E-state index is 14.1. The molecule has 1 rings (SSSR count). The summed E-state index contributed by atoms with van der Waals surface area (Å²) in [5.41, 5.74) is -0.793. The van der Waals surface area contributed by atoms with E-state index in [0.29, 0.717) is 6.42 Å². The van der Waals surface area contributed by atoms with Gasteiger partial charge in [-0.15, -0.1) is 6.58 Å². The zero-order chi connectivity index (χ0) is 28.3. The molecule has 0 bridgehead atoms. The average molecular weight is 534 g/mol. The molecule has 1 saturated heterocycles. The number of halogens is 2. The monoisotopic (exact) mass is 533 g/mol. The minimum Gasteiger partial charge on any atom is -0.459 e. The van der Waals surface area contributed by atoms with E-state index in [0.717, 1.165) is 0 Å². The second-order valence-electron chi connectivity index (χ2n) is 9.88. The SMILES string of the molecule is C=C[C@@H]1C[C@H](C(=O)OC(C)(C)C)N(CCNC(=O)OC(NC(C)=O)C(F)CC)[C@H]1C(=O)OC(F)CCC. The molecule has 0 aromatic rings. The molecule has 2 amide bonds. The van der Waals surface area contributed by atoms with Crippen LogP contribution in [0.2, 0.25) is 0 Å². The molecule has 1 fully saturated rings. The highest BCUT2D eigenvalue weighted by molar-refractivity contribution is 5.82. The van der Waals surface area contributed by atoms with Gasteiger partial charge in [0.15, 0.2) is 6.17 Å². The summed E-state index contributed by atoms with van der Waals surface area (Å²) < 4.78 is 43.6. The lowest BCUT2D eigenvalue weighted by Gasteiger charge is -2.31. The number of hydrogen-bond acceptors (Lipinski definition) is 8. The van der Waals surface area contributed by atoms with E-state index in [1.165, 1.54) is 24.8 Å².